The van der Waals surface area contributed by atoms with E-state index >= 15 is 0 Å². The van der Waals surface area contributed by atoms with Gasteiger partial charge in [-0.15, -0.1) is 0 Å². The highest BCUT2D eigenvalue weighted by Gasteiger charge is 2.34. The minimum Gasteiger partial charge on any atom is -0.326 e. The number of benzene rings is 2. The number of hydrogen-bond acceptors (Lipinski definition) is 3. The number of rotatable bonds is 6. The van der Waals surface area contributed by atoms with Crippen molar-refractivity contribution < 1.29 is 17.6 Å². The van der Waals surface area contributed by atoms with Crippen LogP contribution in [0, 0.1) is 12.3 Å². The summed E-state index contributed by atoms with van der Waals surface area (Å²) in [6, 6.07) is 11.0. The third-order valence-corrected chi connectivity index (χ3v) is 8.01. The Morgan fingerprint density at radius 2 is 1.77 bits per heavy atom. The molecule has 1 unspecified atom stereocenters. The van der Waals surface area contributed by atoms with Gasteiger partial charge in [-0.2, -0.15) is 0 Å². The summed E-state index contributed by atoms with van der Waals surface area (Å²) in [5, 5.41) is 2.95. The summed E-state index contributed by atoms with van der Waals surface area (Å²) < 4.78 is 41.0. The van der Waals surface area contributed by atoms with E-state index in [1.54, 1.807) is 59.8 Å². The fourth-order valence-electron chi connectivity index (χ4n) is 3.94. The average Bonchev–Trinajstić information content (AvgIpc) is 2.67. The second-order valence-electron chi connectivity index (χ2n) is 8.63. The van der Waals surface area contributed by atoms with Gasteiger partial charge in [0.25, 0.3) is 10.0 Å². The Kier molecular flexibility index (Phi) is 7.00. The number of anilines is 2. The number of amides is 1. The van der Waals surface area contributed by atoms with E-state index in [4.69, 9.17) is 0 Å². The molecular weight excluding hydrogens is 530 g/mol. The summed E-state index contributed by atoms with van der Waals surface area (Å²) in [6.07, 6.45) is 4.98. The molecule has 1 aliphatic carbocycles. The van der Waals surface area contributed by atoms with E-state index in [2.05, 4.69) is 10.0 Å². The summed E-state index contributed by atoms with van der Waals surface area (Å²) in [6.45, 7) is 5.09. The Bertz CT molecular complexity index is 1070. The van der Waals surface area contributed by atoms with Crippen molar-refractivity contribution in [3.05, 3.63) is 53.6 Å². The third-order valence-electron chi connectivity index (χ3n) is 5.85. The molecule has 2 aromatic rings. The molecule has 1 saturated carbocycles. The van der Waals surface area contributed by atoms with Gasteiger partial charge in [-0.3, -0.25) is 9.52 Å². The molecule has 1 aliphatic rings. The van der Waals surface area contributed by atoms with E-state index in [1.165, 1.54) is 19.1 Å². The molecule has 0 aromatic heterocycles. The first-order valence-electron chi connectivity index (χ1n) is 10.3. The summed E-state index contributed by atoms with van der Waals surface area (Å²) >= 11 is 1.66. The molecule has 0 heterocycles. The quantitative estimate of drug-likeness (QED) is 0.324. The number of carbonyl (C=O) groups excluding carboxylic acids is 1. The largest absolute Gasteiger partial charge is 0.326 e. The summed E-state index contributed by atoms with van der Waals surface area (Å²) in [5.74, 6) is -0.0229. The van der Waals surface area contributed by atoms with Crippen molar-refractivity contribution in [2.45, 2.75) is 61.4 Å². The Labute approximate surface area is 197 Å². The highest BCUT2D eigenvalue weighted by Crippen LogP contribution is 2.37. The van der Waals surface area contributed by atoms with Crippen molar-refractivity contribution >= 4 is 49.9 Å². The van der Waals surface area contributed by atoms with Crippen LogP contribution in [0.5, 0.6) is 0 Å². The number of carbonyl (C=O) groups is 1. The number of hydrogen-bond donors (Lipinski definition) is 2. The van der Waals surface area contributed by atoms with Gasteiger partial charge in [-0.1, -0.05) is 38.3 Å². The third kappa shape index (κ3) is 5.77. The van der Waals surface area contributed by atoms with Crippen LogP contribution >= 0.6 is 22.6 Å². The monoisotopic (exact) mass is 558 g/mol. The highest BCUT2D eigenvalue weighted by molar-refractivity contribution is 14.1. The van der Waals surface area contributed by atoms with Crippen LogP contribution in [-0.2, 0) is 18.5 Å². The van der Waals surface area contributed by atoms with E-state index in [1.807, 2.05) is 6.92 Å². The molecule has 31 heavy (non-hydrogen) atoms. The van der Waals surface area contributed by atoms with Gasteiger partial charge in [0.1, 0.15) is 0 Å². The molecule has 0 aliphatic heterocycles. The molecule has 1 atom stereocenters. The second kappa shape index (κ2) is 9.05. The molecule has 5 nitrogen and oxygen atoms in total. The molecule has 0 saturated heterocycles. The number of halogens is 2. The Morgan fingerprint density at radius 3 is 2.39 bits per heavy atom. The lowest BCUT2D eigenvalue weighted by molar-refractivity contribution is -0.126. The first-order chi connectivity index (χ1) is 14.4. The molecule has 168 valence electrons. The number of sulfonamides is 1. The van der Waals surface area contributed by atoms with Crippen molar-refractivity contribution in [1.82, 2.24) is 0 Å². The summed E-state index contributed by atoms with van der Waals surface area (Å²) in [4.78, 5) is 12.9. The van der Waals surface area contributed by atoms with Crippen molar-refractivity contribution in [2.24, 2.45) is 5.41 Å². The molecule has 0 radical (unpaired) electrons. The zero-order chi connectivity index (χ0) is 22.9. The van der Waals surface area contributed by atoms with Crippen LogP contribution in [-0.4, -0.2) is 14.3 Å². The standard InChI is InChI=1S/C23H28FIN2O3S/c1-16-14-18(26-21(28)22(2)12-5-4-6-13-22)10-11-20(16)31(29,30)27-19-9-7-8-17(15-19)23(3,24)25/h7-11,14-15,27H,4-6,12-13H2,1-3H3,(H,26,28). The Morgan fingerprint density at radius 1 is 1.10 bits per heavy atom. The maximum atomic E-state index is 14.2. The lowest BCUT2D eigenvalue weighted by Crippen LogP contribution is -2.35. The maximum absolute atomic E-state index is 14.2. The lowest BCUT2D eigenvalue weighted by Gasteiger charge is -2.32. The molecule has 2 aromatic carbocycles. The van der Waals surface area contributed by atoms with E-state index in [0.29, 0.717) is 22.5 Å². The van der Waals surface area contributed by atoms with Gasteiger partial charge >= 0.3 is 0 Å². The predicted octanol–water partition coefficient (Wildman–Crippen LogP) is 6.28. The highest BCUT2D eigenvalue weighted by atomic mass is 127. The summed E-state index contributed by atoms with van der Waals surface area (Å²) in [7, 11) is -3.87. The molecule has 1 amide bonds. The fourth-order valence-corrected chi connectivity index (χ4v) is 5.55. The Balaban J connectivity index is 1.78. The van der Waals surface area contributed by atoms with Crippen molar-refractivity contribution in [2.75, 3.05) is 10.0 Å². The first-order valence-corrected chi connectivity index (χ1v) is 12.9. The molecule has 1 fully saturated rings. The Hall–Kier alpha value is -1.68. The zero-order valence-corrected chi connectivity index (χ0v) is 20.9. The summed E-state index contributed by atoms with van der Waals surface area (Å²) in [5.41, 5.74) is 1.37. The SMILES string of the molecule is Cc1cc(NC(=O)C2(C)CCCCC2)ccc1S(=O)(=O)Nc1cccc(C(C)(F)I)c1. The average molecular weight is 558 g/mol. The van der Waals surface area contributed by atoms with Gasteiger partial charge in [0.15, 0.2) is 3.68 Å². The van der Waals surface area contributed by atoms with Crippen LogP contribution in [0.25, 0.3) is 0 Å². The van der Waals surface area contributed by atoms with Crippen LogP contribution in [0.15, 0.2) is 47.4 Å². The normalized spacial score (nSPS) is 18.1. The van der Waals surface area contributed by atoms with E-state index in [-0.39, 0.29) is 16.2 Å². The topological polar surface area (TPSA) is 75.3 Å². The van der Waals surface area contributed by atoms with Gasteiger partial charge in [0, 0.05) is 22.4 Å². The number of nitrogens with one attached hydrogen (secondary N) is 2. The van der Waals surface area contributed by atoms with E-state index in [9.17, 15) is 17.6 Å². The second-order valence-corrected chi connectivity index (χ2v) is 12.3. The fraction of sp³-hybridized carbons (Fsp3) is 0.435. The molecular formula is C23H28FIN2O3S. The van der Waals surface area contributed by atoms with Gasteiger partial charge in [0.05, 0.1) is 4.90 Å². The van der Waals surface area contributed by atoms with Crippen LogP contribution in [0.3, 0.4) is 0 Å². The van der Waals surface area contributed by atoms with Crippen molar-refractivity contribution in [1.29, 1.82) is 0 Å². The molecule has 2 N–H and O–H groups in total. The van der Waals surface area contributed by atoms with E-state index in [0.717, 1.165) is 32.1 Å². The molecule has 0 bridgehead atoms. The maximum Gasteiger partial charge on any atom is 0.262 e. The minimum atomic E-state index is -3.87. The molecule has 8 heteroatoms. The number of aryl methyl sites for hydroxylation is 1. The van der Waals surface area contributed by atoms with Crippen LogP contribution in [0.2, 0.25) is 0 Å². The molecule has 0 spiro atoms. The zero-order valence-electron chi connectivity index (χ0n) is 18.0. The minimum absolute atomic E-state index is 0.0229. The van der Waals surface area contributed by atoms with Gasteiger partial charge in [0.2, 0.25) is 5.91 Å². The smallest absolute Gasteiger partial charge is 0.262 e. The van der Waals surface area contributed by atoms with Gasteiger partial charge in [-0.05, 0) is 85.2 Å². The van der Waals surface area contributed by atoms with Crippen LogP contribution in [0.4, 0.5) is 15.8 Å². The predicted molar refractivity (Wildman–Crippen MR) is 131 cm³/mol. The molecule has 3 rings (SSSR count). The van der Waals surface area contributed by atoms with E-state index < -0.39 is 13.7 Å². The van der Waals surface area contributed by atoms with Gasteiger partial charge < -0.3 is 5.32 Å². The van der Waals surface area contributed by atoms with Crippen molar-refractivity contribution in [3.8, 4) is 0 Å². The van der Waals surface area contributed by atoms with Crippen LogP contribution in [0.1, 0.15) is 57.1 Å². The first kappa shape index (κ1) is 24.0. The van der Waals surface area contributed by atoms with Crippen molar-refractivity contribution in [3.63, 3.8) is 0 Å². The van der Waals surface area contributed by atoms with Crippen LogP contribution < -0.4 is 10.0 Å². The van der Waals surface area contributed by atoms with Gasteiger partial charge in [-0.25, -0.2) is 12.8 Å². The number of alkyl halides is 2. The lowest BCUT2D eigenvalue weighted by atomic mass is 9.75.